The van der Waals surface area contributed by atoms with Gasteiger partial charge < -0.3 is 14.8 Å². The standard InChI is InChI=1S/C19H23NO3/c1-18(11-5-8-14-7-3-4-9-15(14)18)17(21)20-13-19(2,22)16-10-6-12-23-16/h3-4,6-7,9-10,12,22H,5,8,11,13H2,1-2H3,(H,20,21). The Labute approximate surface area is 136 Å². The molecule has 1 amide bonds. The van der Waals surface area contributed by atoms with E-state index in [0.29, 0.717) is 5.76 Å². The molecule has 122 valence electrons. The molecule has 2 atom stereocenters. The molecule has 0 spiro atoms. The van der Waals surface area contributed by atoms with Gasteiger partial charge in [-0.2, -0.15) is 0 Å². The molecule has 2 unspecified atom stereocenters. The number of carbonyl (C=O) groups is 1. The average molecular weight is 313 g/mol. The number of furan rings is 1. The molecule has 1 aromatic carbocycles. The molecule has 1 aliphatic carbocycles. The lowest BCUT2D eigenvalue weighted by atomic mass is 9.70. The second kappa shape index (κ2) is 5.85. The van der Waals surface area contributed by atoms with Crippen molar-refractivity contribution in [1.29, 1.82) is 0 Å². The molecule has 0 saturated carbocycles. The first kappa shape index (κ1) is 15.8. The van der Waals surface area contributed by atoms with Crippen LogP contribution in [0.15, 0.2) is 47.1 Å². The lowest BCUT2D eigenvalue weighted by Crippen LogP contribution is -2.48. The number of fused-ring (bicyclic) bond motifs is 1. The van der Waals surface area contributed by atoms with Crippen molar-refractivity contribution in [3.05, 3.63) is 59.5 Å². The zero-order valence-electron chi connectivity index (χ0n) is 13.6. The van der Waals surface area contributed by atoms with Gasteiger partial charge in [-0.15, -0.1) is 0 Å². The fourth-order valence-electron chi connectivity index (χ4n) is 3.40. The third kappa shape index (κ3) is 2.91. The molecule has 3 rings (SSSR count). The normalized spacial score (nSPS) is 22.9. The average Bonchev–Trinajstić information content (AvgIpc) is 3.08. The van der Waals surface area contributed by atoms with Crippen LogP contribution in [-0.4, -0.2) is 17.6 Å². The topological polar surface area (TPSA) is 62.5 Å². The highest BCUT2D eigenvalue weighted by atomic mass is 16.4. The number of rotatable bonds is 4. The molecule has 1 heterocycles. The van der Waals surface area contributed by atoms with Gasteiger partial charge in [0, 0.05) is 0 Å². The number of hydrogen-bond acceptors (Lipinski definition) is 3. The minimum Gasteiger partial charge on any atom is -0.466 e. The minimum absolute atomic E-state index is 0.0449. The maximum atomic E-state index is 12.8. The Bertz CT molecular complexity index is 690. The van der Waals surface area contributed by atoms with Crippen LogP contribution in [0.2, 0.25) is 0 Å². The first-order valence-electron chi connectivity index (χ1n) is 8.06. The molecular formula is C19H23NO3. The van der Waals surface area contributed by atoms with E-state index in [4.69, 9.17) is 4.42 Å². The van der Waals surface area contributed by atoms with Crippen molar-refractivity contribution in [3.63, 3.8) is 0 Å². The predicted molar refractivity (Wildman–Crippen MR) is 88.0 cm³/mol. The number of nitrogens with one attached hydrogen (secondary N) is 1. The van der Waals surface area contributed by atoms with E-state index in [1.165, 1.54) is 11.8 Å². The van der Waals surface area contributed by atoms with Gasteiger partial charge in [0.2, 0.25) is 5.91 Å². The van der Waals surface area contributed by atoms with Crippen LogP contribution in [0.1, 0.15) is 43.6 Å². The monoisotopic (exact) mass is 313 g/mol. The van der Waals surface area contributed by atoms with Gasteiger partial charge in [0.25, 0.3) is 0 Å². The number of hydrogen-bond donors (Lipinski definition) is 2. The summed E-state index contributed by atoms with van der Waals surface area (Å²) in [6.07, 6.45) is 4.35. The molecule has 0 bridgehead atoms. The fourth-order valence-corrected chi connectivity index (χ4v) is 3.40. The van der Waals surface area contributed by atoms with E-state index in [2.05, 4.69) is 11.4 Å². The Morgan fingerprint density at radius 2 is 2.13 bits per heavy atom. The number of carbonyl (C=O) groups excluding carboxylic acids is 1. The Balaban J connectivity index is 1.76. The van der Waals surface area contributed by atoms with Crippen molar-refractivity contribution in [1.82, 2.24) is 5.32 Å². The molecule has 1 aliphatic rings. The first-order chi connectivity index (χ1) is 10.9. The Kier molecular flexibility index (Phi) is 4.02. The quantitative estimate of drug-likeness (QED) is 0.912. The molecule has 2 aromatic rings. The van der Waals surface area contributed by atoms with E-state index < -0.39 is 11.0 Å². The minimum atomic E-state index is -1.22. The molecule has 2 N–H and O–H groups in total. The van der Waals surface area contributed by atoms with E-state index in [9.17, 15) is 9.90 Å². The van der Waals surface area contributed by atoms with Crippen molar-refractivity contribution >= 4 is 5.91 Å². The second-order valence-electron chi connectivity index (χ2n) is 6.78. The predicted octanol–water partition coefficient (Wildman–Crippen LogP) is 2.90. The Hall–Kier alpha value is -2.07. The van der Waals surface area contributed by atoms with Gasteiger partial charge in [0.1, 0.15) is 11.4 Å². The highest BCUT2D eigenvalue weighted by Gasteiger charge is 2.39. The largest absolute Gasteiger partial charge is 0.466 e. The van der Waals surface area contributed by atoms with Crippen LogP contribution >= 0.6 is 0 Å². The zero-order chi connectivity index (χ0) is 16.5. The Morgan fingerprint density at radius 3 is 2.87 bits per heavy atom. The van der Waals surface area contributed by atoms with E-state index in [1.807, 2.05) is 25.1 Å². The van der Waals surface area contributed by atoms with Crippen LogP contribution in [0.4, 0.5) is 0 Å². The summed E-state index contributed by atoms with van der Waals surface area (Å²) in [4.78, 5) is 12.8. The summed E-state index contributed by atoms with van der Waals surface area (Å²) < 4.78 is 5.26. The summed E-state index contributed by atoms with van der Waals surface area (Å²) in [5, 5.41) is 13.4. The molecule has 0 saturated heterocycles. The molecule has 1 aromatic heterocycles. The van der Waals surface area contributed by atoms with Crippen molar-refractivity contribution in [2.24, 2.45) is 0 Å². The number of aliphatic hydroxyl groups is 1. The van der Waals surface area contributed by atoms with Gasteiger partial charge in [-0.05, 0) is 56.4 Å². The lowest BCUT2D eigenvalue weighted by molar-refractivity contribution is -0.128. The molecule has 0 aliphatic heterocycles. The van der Waals surface area contributed by atoms with Gasteiger partial charge in [0.05, 0.1) is 18.2 Å². The summed E-state index contributed by atoms with van der Waals surface area (Å²) in [6, 6.07) is 11.6. The van der Waals surface area contributed by atoms with Gasteiger partial charge in [0.15, 0.2) is 0 Å². The van der Waals surface area contributed by atoms with Gasteiger partial charge in [-0.1, -0.05) is 24.3 Å². The van der Waals surface area contributed by atoms with Crippen molar-refractivity contribution in [2.75, 3.05) is 6.54 Å². The maximum absolute atomic E-state index is 12.8. The lowest BCUT2D eigenvalue weighted by Gasteiger charge is -2.35. The smallest absolute Gasteiger partial charge is 0.230 e. The molecule has 4 nitrogen and oxygen atoms in total. The summed E-state index contributed by atoms with van der Waals surface area (Å²) in [6.45, 7) is 3.75. The SMILES string of the molecule is CC(O)(CNC(=O)C1(C)CCCc2ccccc21)c1ccco1. The van der Waals surface area contributed by atoms with E-state index >= 15 is 0 Å². The third-order valence-corrected chi connectivity index (χ3v) is 4.88. The van der Waals surface area contributed by atoms with E-state index in [-0.39, 0.29) is 12.5 Å². The van der Waals surface area contributed by atoms with Crippen LogP contribution in [0.25, 0.3) is 0 Å². The summed E-state index contributed by atoms with van der Waals surface area (Å²) in [5.74, 6) is 0.406. The van der Waals surface area contributed by atoms with Crippen molar-refractivity contribution < 1.29 is 14.3 Å². The van der Waals surface area contributed by atoms with Gasteiger partial charge >= 0.3 is 0 Å². The first-order valence-corrected chi connectivity index (χ1v) is 8.06. The number of aryl methyl sites for hydroxylation is 1. The van der Waals surface area contributed by atoms with E-state index in [1.54, 1.807) is 19.1 Å². The maximum Gasteiger partial charge on any atom is 0.230 e. The second-order valence-corrected chi connectivity index (χ2v) is 6.78. The van der Waals surface area contributed by atoms with E-state index in [0.717, 1.165) is 24.8 Å². The fraction of sp³-hybridized carbons (Fsp3) is 0.421. The van der Waals surface area contributed by atoms with Crippen LogP contribution in [0.5, 0.6) is 0 Å². The molecule has 23 heavy (non-hydrogen) atoms. The van der Waals surface area contributed by atoms with Crippen LogP contribution in [0.3, 0.4) is 0 Å². The third-order valence-electron chi connectivity index (χ3n) is 4.88. The summed E-state index contributed by atoms with van der Waals surface area (Å²) in [5.41, 5.74) is 0.577. The van der Waals surface area contributed by atoms with Gasteiger partial charge in [-0.3, -0.25) is 4.79 Å². The van der Waals surface area contributed by atoms with Crippen LogP contribution < -0.4 is 5.32 Å². The molecule has 4 heteroatoms. The van der Waals surface area contributed by atoms with Crippen LogP contribution in [-0.2, 0) is 22.2 Å². The molecule has 0 radical (unpaired) electrons. The number of amides is 1. The van der Waals surface area contributed by atoms with Gasteiger partial charge in [-0.25, -0.2) is 0 Å². The Morgan fingerprint density at radius 1 is 1.35 bits per heavy atom. The summed E-state index contributed by atoms with van der Waals surface area (Å²) in [7, 11) is 0. The zero-order valence-corrected chi connectivity index (χ0v) is 13.6. The summed E-state index contributed by atoms with van der Waals surface area (Å²) >= 11 is 0. The highest BCUT2D eigenvalue weighted by molar-refractivity contribution is 5.88. The molecular weight excluding hydrogens is 290 g/mol. The van der Waals surface area contributed by atoms with Crippen LogP contribution in [0, 0.1) is 0 Å². The highest BCUT2D eigenvalue weighted by Crippen LogP contribution is 2.37. The van der Waals surface area contributed by atoms with Crippen molar-refractivity contribution in [2.45, 2.75) is 44.1 Å². The molecule has 0 fully saturated rings. The number of benzene rings is 1. The van der Waals surface area contributed by atoms with Crippen molar-refractivity contribution in [3.8, 4) is 0 Å².